The lowest BCUT2D eigenvalue weighted by molar-refractivity contribution is -0.121. The summed E-state index contributed by atoms with van der Waals surface area (Å²) < 4.78 is 0. The summed E-state index contributed by atoms with van der Waals surface area (Å²) in [7, 11) is 1.87. The second-order valence-corrected chi connectivity index (χ2v) is 6.44. The van der Waals surface area contributed by atoms with Gasteiger partial charge in [0.15, 0.2) is 0 Å². The summed E-state index contributed by atoms with van der Waals surface area (Å²) in [6.45, 7) is 0.926. The molecule has 1 aromatic heterocycles. The molecule has 0 saturated heterocycles. The maximum Gasteiger partial charge on any atom is 0.321 e. The molecule has 0 spiro atoms. The molecule has 5 nitrogen and oxygen atoms in total. The number of carbonyl (C=O) groups excluding carboxylic acids is 2. The van der Waals surface area contributed by atoms with Crippen molar-refractivity contribution < 1.29 is 9.59 Å². The van der Waals surface area contributed by atoms with E-state index in [0.29, 0.717) is 6.54 Å². The van der Waals surface area contributed by atoms with Crippen LogP contribution in [0.3, 0.4) is 0 Å². The summed E-state index contributed by atoms with van der Waals surface area (Å²) >= 11 is 1.64. The van der Waals surface area contributed by atoms with E-state index in [1.165, 1.54) is 12.0 Å². The molecule has 0 unspecified atom stereocenters. The minimum Gasteiger partial charge on any atom is -0.335 e. The number of nitrogens with zero attached hydrogens (tertiary/aromatic N) is 1. The topological polar surface area (TPSA) is 61.4 Å². The predicted molar refractivity (Wildman–Crippen MR) is 84.2 cm³/mol. The summed E-state index contributed by atoms with van der Waals surface area (Å²) in [5.41, 5.74) is 1.18. The monoisotopic (exact) mass is 309 g/mol. The van der Waals surface area contributed by atoms with Crippen molar-refractivity contribution in [1.29, 1.82) is 0 Å². The molecule has 1 fully saturated rings. The number of hydrogen-bond acceptors (Lipinski definition) is 4. The lowest BCUT2D eigenvalue weighted by atomic mass is 9.96. The van der Waals surface area contributed by atoms with Crippen LogP contribution in [-0.4, -0.2) is 36.5 Å². The minimum absolute atomic E-state index is 0.216. The first-order valence-corrected chi connectivity index (χ1v) is 8.38. The first-order chi connectivity index (χ1) is 10.1. The van der Waals surface area contributed by atoms with Gasteiger partial charge in [-0.3, -0.25) is 15.0 Å². The van der Waals surface area contributed by atoms with Crippen LogP contribution in [-0.2, 0) is 11.3 Å². The molecule has 0 aliphatic heterocycles. The summed E-state index contributed by atoms with van der Waals surface area (Å²) in [6.07, 6.45) is 5.58. The first-order valence-electron chi connectivity index (χ1n) is 7.43. The van der Waals surface area contributed by atoms with E-state index in [1.807, 2.05) is 23.4 Å². The Kier molecular flexibility index (Phi) is 6.20. The molecule has 0 bridgehead atoms. The summed E-state index contributed by atoms with van der Waals surface area (Å²) in [6, 6.07) is 1.89. The van der Waals surface area contributed by atoms with Gasteiger partial charge in [0.25, 0.3) is 0 Å². The van der Waals surface area contributed by atoms with Gasteiger partial charge in [-0.25, -0.2) is 4.79 Å². The zero-order valence-electron chi connectivity index (χ0n) is 12.4. The van der Waals surface area contributed by atoms with Gasteiger partial charge in [0, 0.05) is 12.6 Å². The van der Waals surface area contributed by atoms with E-state index in [0.717, 1.165) is 25.7 Å². The van der Waals surface area contributed by atoms with Crippen molar-refractivity contribution in [2.24, 2.45) is 0 Å². The standard InChI is InChI=1S/C15H23N3O2S/c1-18(9-12-7-8-21-11-12)10-14(19)17-15(20)16-13-5-3-2-4-6-13/h7-8,11,13H,2-6,9-10H2,1H3,(H2,16,17,19,20). The van der Waals surface area contributed by atoms with E-state index in [4.69, 9.17) is 0 Å². The first kappa shape index (κ1) is 16.0. The van der Waals surface area contributed by atoms with Crippen molar-refractivity contribution in [3.8, 4) is 0 Å². The van der Waals surface area contributed by atoms with Crippen LogP contribution in [0.15, 0.2) is 16.8 Å². The Morgan fingerprint density at radius 2 is 2.10 bits per heavy atom. The highest BCUT2D eigenvalue weighted by Gasteiger charge is 2.17. The van der Waals surface area contributed by atoms with Gasteiger partial charge in [-0.2, -0.15) is 11.3 Å². The van der Waals surface area contributed by atoms with Crippen LogP contribution in [0.4, 0.5) is 4.79 Å². The van der Waals surface area contributed by atoms with Crippen LogP contribution in [0.5, 0.6) is 0 Å². The lowest BCUT2D eigenvalue weighted by Crippen LogP contribution is -2.47. The number of thiophene rings is 1. The zero-order chi connectivity index (χ0) is 15.1. The Balaban J connectivity index is 1.66. The molecule has 0 atom stereocenters. The molecule has 2 N–H and O–H groups in total. The lowest BCUT2D eigenvalue weighted by Gasteiger charge is -2.23. The molecule has 1 aromatic rings. The number of carbonyl (C=O) groups is 2. The van der Waals surface area contributed by atoms with E-state index in [9.17, 15) is 9.59 Å². The number of hydrogen-bond donors (Lipinski definition) is 2. The molecule has 1 saturated carbocycles. The molecule has 6 heteroatoms. The van der Waals surface area contributed by atoms with Crippen molar-refractivity contribution in [2.75, 3.05) is 13.6 Å². The molecule has 1 heterocycles. The number of amides is 3. The highest BCUT2D eigenvalue weighted by Crippen LogP contribution is 2.17. The molecule has 0 aromatic carbocycles. The van der Waals surface area contributed by atoms with Gasteiger partial charge in [0.1, 0.15) is 0 Å². The maximum atomic E-state index is 11.8. The van der Waals surface area contributed by atoms with Gasteiger partial charge < -0.3 is 5.32 Å². The average molecular weight is 309 g/mol. The van der Waals surface area contributed by atoms with Crippen molar-refractivity contribution in [3.63, 3.8) is 0 Å². The van der Waals surface area contributed by atoms with Gasteiger partial charge >= 0.3 is 6.03 Å². The number of nitrogens with one attached hydrogen (secondary N) is 2. The number of rotatable bonds is 5. The number of urea groups is 1. The molecule has 116 valence electrons. The fraction of sp³-hybridized carbons (Fsp3) is 0.600. The van der Waals surface area contributed by atoms with E-state index >= 15 is 0 Å². The molecular formula is C15H23N3O2S. The Morgan fingerprint density at radius 3 is 2.76 bits per heavy atom. The Morgan fingerprint density at radius 1 is 1.33 bits per heavy atom. The fourth-order valence-electron chi connectivity index (χ4n) is 2.63. The quantitative estimate of drug-likeness (QED) is 0.877. The van der Waals surface area contributed by atoms with Crippen molar-refractivity contribution in [3.05, 3.63) is 22.4 Å². The molecule has 21 heavy (non-hydrogen) atoms. The van der Waals surface area contributed by atoms with Gasteiger partial charge in [0.2, 0.25) is 5.91 Å². The largest absolute Gasteiger partial charge is 0.335 e. The molecular weight excluding hydrogens is 286 g/mol. The van der Waals surface area contributed by atoms with Crippen LogP contribution in [0.2, 0.25) is 0 Å². The molecule has 3 amide bonds. The number of imide groups is 1. The number of likely N-dealkylation sites (N-methyl/N-ethyl adjacent to an activating group) is 1. The van der Waals surface area contributed by atoms with Crippen molar-refractivity contribution in [1.82, 2.24) is 15.5 Å². The van der Waals surface area contributed by atoms with Gasteiger partial charge in [-0.05, 0) is 42.3 Å². The van der Waals surface area contributed by atoms with Crippen LogP contribution in [0.25, 0.3) is 0 Å². The van der Waals surface area contributed by atoms with Crippen molar-refractivity contribution in [2.45, 2.75) is 44.7 Å². The summed E-state index contributed by atoms with van der Waals surface area (Å²) in [4.78, 5) is 25.5. The Hall–Kier alpha value is -1.40. The van der Waals surface area contributed by atoms with Crippen LogP contribution in [0, 0.1) is 0 Å². The van der Waals surface area contributed by atoms with Gasteiger partial charge in [-0.15, -0.1) is 0 Å². The van der Waals surface area contributed by atoms with Gasteiger partial charge in [0.05, 0.1) is 6.54 Å². The Bertz CT molecular complexity index is 455. The molecule has 0 radical (unpaired) electrons. The van der Waals surface area contributed by atoms with E-state index in [-0.39, 0.29) is 24.5 Å². The molecule has 2 rings (SSSR count). The maximum absolute atomic E-state index is 11.8. The smallest absolute Gasteiger partial charge is 0.321 e. The van der Waals surface area contributed by atoms with Gasteiger partial charge in [-0.1, -0.05) is 19.3 Å². The van der Waals surface area contributed by atoms with Crippen LogP contribution >= 0.6 is 11.3 Å². The second-order valence-electron chi connectivity index (χ2n) is 5.66. The Labute approximate surface area is 129 Å². The fourth-order valence-corrected chi connectivity index (χ4v) is 3.29. The highest BCUT2D eigenvalue weighted by atomic mass is 32.1. The molecule has 1 aliphatic carbocycles. The van der Waals surface area contributed by atoms with Crippen LogP contribution in [0.1, 0.15) is 37.7 Å². The third kappa shape index (κ3) is 5.85. The third-order valence-corrected chi connectivity index (χ3v) is 4.37. The van der Waals surface area contributed by atoms with E-state index in [1.54, 1.807) is 11.3 Å². The summed E-state index contributed by atoms with van der Waals surface area (Å²) in [5.74, 6) is -0.263. The average Bonchev–Trinajstić information content (AvgIpc) is 2.91. The SMILES string of the molecule is CN(CC(=O)NC(=O)NC1CCCCC1)Cc1ccsc1. The predicted octanol–water partition coefficient (Wildman–Crippen LogP) is 2.34. The minimum atomic E-state index is -0.365. The van der Waals surface area contributed by atoms with E-state index < -0.39 is 0 Å². The molecule has 1 aliphatic rings. The normalized spacial score (nSPS) is 15.9. The van der Waals surface area contributed by atoms with Crippen LogP contribution < -0.4 is 10.6 Å². The zero-order valence-corrected chi connectivity index (χ0v) is 13.2. The van der Waals surface area contributed by atoms with Crippen molar-refractivity contribution >= 4 is 23.3 Å². The second kappa shape index (κ2) is 8.14. The highest BCUT2D eigenvalue weighted by molar-refractivity contribution is 7.07. The third-order valence-electron chi connectivity index (χ3n) is 3.64. The summed E-state index contributed by atoms with van der Waals surface area (Å²) in [5, 5.41) is 9.36. The van der Waals surface area contributed by atoms with E-state index in [2.05, 4.69) is 16.0 Å².